The number of carbonyl (C=O) groups is 1. The van der Waals surface area contributed by atoms with Crippen LogP contribution in [0.25, 0.3) is 11.3 Å². The molecule has 0 spiro atoms. The van der Waals surface area contributed by atoms with Crippen LogP contribution in [0.4, 0.5) is 13.2 Å². The van der Waals surface area contributed by atoms with Gasteiger partial charge >= 0.3 is 6.18 Å². The van der Waals surface area contributed by atoms with Crippen LogP contribution < -0.4 is 10.1 Å². The number of nitrogens with zero attached hydrogens (tertiary/aromatic N) is 2. The van der Waals surface area contributed by atoms with Gasteiger partial charge in [-0.2, -0.15) is 13.2 Å². The first-order chi connectivity index (χ1) is 16.0. The number of hydrogen-bond donors (Lipinski definition) is 2. The molecule has 1 aliphatic carbocycles. The molecule has 6 nitrogen and oxygen atoms in total. The Kier molecular flexibility index (Phi) is 6.51. The number of alkyl halides is 3. The second kappa shape index (κ2) is 9.23. The molecule has 1 aliphatic rings. The van der Waals surface area contributed by atoms with E-state index in [2.05, 4.69) is 15.3 Å². The normalized spacial score (nSPS) is 15.5. The van der Waals surface area contributed by atoms with E-state index >= 15 is 0 Å². The Hall–Kier alpha value is -3.17. The van der Waals surface area contributed by atoms with Crippen molar-refractivity contribution >= 4 is 17.5 Å². The standard InChI is InChI=1S/C24H21ClF3N3O3/c1-23(33,15-10-11-15)13-29-21(32)19-20(24(26,27)28)31-22(34-17-8-3-2-4-9-17)18(30-19)14-6-5-7-16(25)12-14/h2-9,12,15,33H,10-11,13H2,1H3,(H,29,32). The van der Waals surface area contributed by atoms with E-state index in [0.717, 1.165) is 12.8 Å². The lowest BCUT2D eigenvalue weighted by Gasteiger charge is -2.23. The fraction of sp³-hybridized carbons (Fsp3) is 0.292. The summed E-state index contributed by atoms with van der Waals surface area (Å²) in [7, 11) is 0. The molecule has 1 fully saturated rings. The van der Waals surface area contributed by atoms with Crippen LogP contribution in [0.3, 0.4) is 0 Å². The van der Waals surface area contributed by atoms with E-state index in [-0.39, 0.29) is 23.9 Å². The SMILES string of the molecule is CC(O)(CNC(=O)c1nc(-c2cccc(Cl)c2)c(Oc2ccccc2)nc1C(F)(F)F)C1CC1. The summed E-state index contributed by atoms with van der Waals surface area (Å²) in [5, 5.41) is 13.1. The van der Waals surface area contributed by atoms with E-state index in [1.54, 1.807) is 48.5 Å². The lowest BCUT2D eigenvalue weighted by atomic mass is 10.0. The Bertz CT molecular complexity index is 1200. The van der Waals surface area contributed by atoms with Gasteiger partial charge in [-0.1, -0.05) is 41.9 Å². The van der Waals surface area contributed by atoms with Crippen LogP contribution >= 0.6 is 11.6 Å². The number of benzene rings is 2. The van der Waals surface area contributed by atoms with Crippen LogP contribution in [0.2, 0.25) is 5.02 Å². The highest BCUT2D eigenvalue weighted by Gasteiger charge is 2.42. The number of amides is 1. The molecular weight excluding hydrogens is 471 g/mol. The predicted molar refractivity (Wildman–Crippen MR) is 120 cm³/mol. The molecule has 2 aromatic carbocycles. The molecule has 1 atom stereocenters. The number of aliphatic hydroxyl groups is 1. The number of halogens is 4. The fourth-order valence-corrected chi connectivity index (χ4v) is 3.65. The van der Waals surface area contributed by atoms with Gasteiger partial charge in [-0.3, -0.25) is 4.79 Å². The second-order valence-electron chi connectivity index (χ2n) is 8.31. The third-order valence-electron chi connectivity index (χ3n) is 5.47. The molecule has 10 heteroatoms. The molecule has 34 heavy (non-hydrogen) atoms. The molecule has 0 saturated heterocycles. The molecule has 1 amide bonds. The molecule has 3 aromatic rings. The van der Waals surface area contributed by atoms with Gasteiger partial charge in [-0.25, -0.2) is 9.97 Å². The van der Waals surface area contributed by atoms with Gasteiger partial charge in [0.05, 0.1) is 5.60 Å². The third-order valence-corrected chi connectivity index (χ3v) is 5.70. The number of nitrogens with one attached hydrogen (secondary N) is 1. The van der Waals surface area contributed by atoms with E-state index in [9.17, 15) is 23.1 Å². The zero-order valence-electron chi connectivity index (χ0n) is 18.1. The number of ether oxygens (including phenoxy) is 1. The van der Waals surface area contributed by atoms with Gasteiger partial charge in [-0.05, 0) is 49.9 Å². The minimum Gasteiger partial charge on any atom is -0.437 e. The maximum absolute atomic E-state index is 13.9. The summed E-state index contributed by atoms with van der Waals surface area (Å²) >= 11 is 6.07. The maximum atomic E-state index is 13.9. The summed E-state index contributed by atoms with van der Waals surface area (Å²) in [6, 6.07) is 14.4. The first-order valence-corrected chi connectivity index (χ1v) is 10.9. The number of para-hydroxylation sites is 1. The number of hydrogen-bond acceptors (Lipinski definition) is 5. The summed E-state index contributed by atoms with van der Waals surface area (Å²) < 4.78 is 47.4. The van der Waals surface area contributed by atoms with E-state index in [4.69, 9.17) is 16.3 Å². The van der Waals surface area contributed by atoms with Crippen molar-refractivity contribution in [3.63, 3.8) is 0 Å². The average molecular weight is 492 g/mol. The van der Waals surface area contributed by atoms with E-state index in [1.165, 1.54) is 13.0 Å². The lowest BCUT2D eigenvalue weighted by molar-refractivity contribution is -0.142. The number of rotatable bonds is 7. The van der Waals surface area contributed by atoms with E-state index in [1.807, 2.05) is 0 Å². The van der Waals surface area contributed by atoms with Gasteiger partial charge in [0.2, 0.25) is 5.88 Å². The van der Waals surface area contributed by atoms with Crippen molar-refractivity contribution in [3.05, 3.63) is 71.0 Å². The zero-order chi connectivity index (χ0) is 24.5. The molecule has 178 valence electrons. The zero-order valence-corrected chi connectivity index (χ0v) is 18.8. The van der Waals surface area contributed by atoms with E-state index in [0.29, 0.717) is 10.6 Å². The Balaban J connectivity index is 1.79. The van der Waals surface area contributed by atoms with Gasteiger partial charge in [0.1, 0.15) is 11.4 Å². The largest absolute Gasteiger partial charge is 0.437 e. The number of aromatic nitrogens is 2. The highest BCUT2D eigenvalue weighted by atomic mass is 35.5. The summed E-state index contributed by atoms with van der Waals surface area (Å²) in [4.78, 5) is 20.6. The fourth-order valence-electron chi connectivity index (χ4n) is 3.46. The van der Waals surface area contributed by atoms with Gasteiger partial charge < -0.3 is 15.2 Å². The first-order valence-electron chi connectivity index (χ1n) is 10.5. The second-order valence-corrected chi connectivity index (χ2v) is 8.75. The number of carbonyl (C=O) groups excluding carboxylic acids is 1. The molecule has 2 N–H and O–H groups in total. The molecule has 4 rings (SSSR count). The Labute approximate surface area is 198 Å². The molecule has 1 aromatic heterocycles. The highest BCUT2D eigenvalue weighted by Crippen LogP contribution is 2.40. The smallest absolute Gasteiger partial charge is 0.435 e. The van der Waals surface area contributed by atoms with Crippen LogP contribution in [0.1, 0.15) is 35.9 Å². The lowest BCUT2D eigenvalue weighted by Crippen LogP contribution is -2.43. The highest BCUT2D eigenvalue weighted by molar-refractivity contribution is 6.30. The van der Waals surface area contributed by atoms with Crippen molar-refractivity contribution in [2.24, 2.45) is 5.92 Å². The molecule has 1 heterocycles. The van der Waals surface area contributed by atoms with Crippen molar-refractivity contribution in [1.29, 1.82) is 0 Å². The Morgan fingerprint density at radius 1 is 1.15 bits per heavy atom. The quantitative estimate of drug-likeness (QED) is 0.456. The molecule has 0 bridgehead atoms. The van der Waals surface area contributed by atoms with Crippen molar-refractivity contribution in [2.45, 2.75) is 31.5 Å². The minimum atomic E-state index is -4.99. The molecule has 0 aliphatic heterocycles. The maximum Gasteiger partial charge on any atom is 0.435 e. The van der Waals surface area contributed by atoms with Crippen LogP contribution in [0, 0.1) is 5.92 Å². The third kappa shape index (κ3) is 5.48. The van der Waals surface area contributed by atoms with Gasteiger partial charge in [0.25, 0.3) is 5.91 Å². The molecule has 1 saturated carbocycles. The van der Waals surface area contributed by atoms with Crippen LogP contribution in [0.5, 0.6) is 11.6 Å². The van der Waals surface area contributed by atoms with Crippen molar-refractivity contribution in [3.8, 4) is 22.9 Å². The topological polar surface area (TPSA) is 84.3 Å². The monoisotopic (exact) mass is 491 g/mol. The van der Waals surface area contributed by atoms with Crippen LogP contribution in [-0.4, -0.2) is 33.1 Å². The first kappa shape index (κ1) is 24.0. The summed E-state index contributed by atoms with van der Waals surface area (Å²) in [6.07, 6.45) is -3.40. The van der Waals surface area contributed by atoms with Gasteiger partial charge in [0, 0.05) is 17.1 Å². The molecule has 0 radical (unpaired) electrons. The van der Waals surface area contributed by atoms with Crippen molar-refractivity contribution in [1.82, 2.24) is 15.3 Å². The minimum absolute atomic E-state index is 0.00959. The van der Waals surface area contributed by atoms with Gasteiger partial charge in [-0.15, -0.1) is 0 Å². The van der Waals surface area contributed by atoms with Crippen molar-refractivity contribution < 1.29 is 27.8 Å². The summed E-state index contributed by atoms with van der Waals surface area (Å²) in [6.45, 7) is 1.32. The summed E-state index contributed by atoms with van der Waals surface area (Å²) in [5.41, 5.74) is -3.41. The van der Waals surface area contributed by atoms with Gasteiger partial charge in [0.15, 0.2) is 11.4 Å². The summed E-state index contributed by atoms with van der Waals surface area (Å²) in [5.74, 6) is -1.30. The van der Waals surface area contributed by atoms with Crippen LogP contribution in [-0.2, 0) is 6.18 Å². The molecule has 1 unspecified atom stereocenters. The van der Waals surface area contributed by atoms with E-state index < -0.39 is 35.0 Å². The Morgan fingerprint density at radius 3 is 2.47 bits per heavy atom. The Morgan fingerprint density at radius 2 is 1.85 bits per heavy atom. The van der Waals surface area contributed by atoms with Crippen LogP contribution in [0.15, 0.2) is 54.6 Å². The van der Waals surface area contributed by atoms with Crippen molar-refractivity contribution in [2.75, 3.05) is 6.54 Å². The predicted octanol–water partition coefficient (Wildman–Crippen LogP) is 5.50. The molecular formula is C24H21ClF3N3O3. The average Bonchev–Trinajstić information content (AvgIpc) is 3.64.